The Morgan fingerprint density at radius 2 is 1.78 bits per heavy atom. The number of carbonyl (C=O) groups is 2. The topological polar surface area (TPSA) is 203 Å². The number of carboxylic acid groups (broad SMARTS) is 2. The highest BCUT2D eigenvalue weighted by atomic mass is 35.5. The third kappa shape index (κ3) is 4.54. The van der Waals surface area contributed by atoms with Gasteiger partial charge in [-0.1, -0.05) is 0 Å². The van der Waals surface area contributed by atoms with Crippen molar-refractivity contribution in [3.05, 3.63) is 47.0 Å². The third-order valence-electron chi connectivity index (χ3n) is 5.59. The Hall–Kier alpha value is -3.50. The number of aliphatic hydroxyl groups is 2. The lowest BCUT2D eigenvalue weighted by Gasteiger charge is -2.27. The number of imidazole rings is 1. The Kier molecular flexibility index (Phi) is 6.76. The normalized spacial score (nSPS) is 22.2. The van der Waals surface area contributed by atoms with Crippen LogP contribution in [0.4, 0.5) is 14.6 Å². The largest absolute Gasteiger partial charge is 0.479 e. The Bertz CT molecular complexity index is 1310. The van der Waals surface area contributed by atoms with Crippen LogP contribution in [0.15, 0.2) is 24.5 Å². The molecule has 0 aliphatic carbocycles. The number of aliphatic carboxylic acids is 2. The number of anilines is 1. The van der Waals surface area contributed by atoms with Crippen LogP contribution in [0.1, 0.15) is 11.8 Å². The van der Waals surface area contributed by atoms with E-state index in [0.717, 1.165) is 12.1 Å². The molecule has 1 fully saturated rings. The van der Waals surface area contributed by atoms with Crippen molar-refractivity contribution in [1.82, 2.24) is 19.5 Å². The van der Waals surface area contributed by atoms with Crippen molar-refractivity contribution >= 4 is 40.5 Å². The standard InChI is InChI=1S/C20H18ClF2N5O8/c21-19-26-14(24)11-15(27-19)28(6-25-11)16-13(30)12(29)10(36-16)5-35-20(17(31)32,18(33)34)4-7-1-8(22)3-9(23)2-7/h1-3,6,10,12-13,16,29-30H,4-5H2,(H,31,32)(H,33,34)(H2,24,26,27)/t10-,12-,13-,16-/m1/s1. The minimum Gasteiger partial charge on any atom is -0.479 e. The van der Waals surface area contributed by atoms with Crippen LogP contribution >= 0.6 is 11.6 Å². The lowest BCUT2D eigenvalue weighted by atomic mass is 9.94. The minimum absolute atomic E-state index is 0.0573. The highest BCUT2D eigenvalue weighted by molar-refractivity contribution is 6.28. The van der Waals surface area contributed by atoms with Crippen molar-refractivity contribution in [1.29, 1.82) is 0 Å². The van der Waals surface area contributed by atoms with Crippen LogP contribution in [-0.2, 0) is 25.5 Å². The van der Waals surface area contributed by atoms with Crippen molar-refractivity contribution in [2.75, 3.05) is 12.3 Å². The Morgan fingerprint density at radius 3 is 2.39 bits per heavy atom. The molecule has 2 aromatic heterocycles. The van der Waals surface area contributed by atoms with Gasteiger partial charge in [0.25, 0.3) is 5.60 Å². The lowest BCUT2D eigenvalue weighted by Crippen LogP contribution is -2.53. The van der Waals surface area contributed by atoms with E-state index in [0.29, 0.717) is 6.07 Å². The molecule has 36 heavy (non-hydrogen) atoms. The quantitative estimate of drug-likeness (QED) is 0.195. The third-order valence-corrected chi connectivity index (χ3v) is 5.76. The molecule has 1 aliphatic heterocycles. The molecule has 16 heteroatoms. The van der Waals surface area contributed by atoms with E-state index in [1.807, 2.05) is 0 Å². The second kappa shape index (κ2) is 9.51. The SMILES string of the molecule is Nc1nc(Cl)nc2c1ncn2[C@@H]1O[C@H](COC(Cc2cc(F)cc(F)c2)(C(=O)O)C(=O)O)[C@@H](O)[C@H]1O. The summed E-state index contributed by atoms with van der Waals surface area (Å²) >= 11 is 5.82. The number of nitrogen functional groups attached to an aromatic ring is 1. The number of rotatable bonds is 8. The smallest absolute Gasteiger partial charge is 0.348 e. The molecule has 192 valence electrons. The molecule has 0 bridgehead atoms. The number of fused-ring (bicyclic) bond motifs is 1. The Balaban J connectivity index is 1.58. The number of nitrogens with two attached hydrogens (primary N) is 1. The van der Waals surface area contributed by atoms with Crippen molar-refractivity contribution in [3.8, 4) is 0 Å². The summed E-state index contributed by atoms with van der Waals surface area (Å²) in [4.78, 5) is 35.6. The van der Waals surface area contributed by atoms with Gasteiger partial charge in [-0.05, 0) is 29.3 Å². The van der Waals surface area contributed by atoms with Gasteiger partial charge in [0.15, 0.2) is 17.7 Å². The first-order chi connectivity index (χ1) is 16.9. The summed E-state index contributed by atoms with van der Waals surface area (Å²) in [7, 11) is 0. The highest BCUT2D eigenvalue weighted by Crippen LogP contribution is 2.33. The molecule has 3 aromatic rings. The molecular weight excluding hydrogens is 512 g/mol. The van der Waals surface area contributed by atoms with E-state index >= 15 is 0 Å². The molecule has 0 amide bonds. The van der Waals surface area contributed by atoms with Gasteiger partial charge in [-0.2, -0.15) is 9.97 Å². The molecular formula is C20H18ClF2N5O8. The summed E-state index contributed by atoms with van der Waals surface area (Å²) in [6.07, 6.45) is -5.82. The maximum Gasteiger partial charge on any atom is 0.348 e. The van der Waals surface area contributed by atoms with Crippen LogP contribution in [0.25, 0.3) is 11.2 Å². The molecule has 4 atom stereocenters. The van der Waals surface area contributed by atoms with E-state index in [1.165, 1.54) is 10.9 Å². The average Bonchev–Trinajstić information content (AvgIpc) is 3.31. The van der Waals surface area contributed by atoms with Crippen molar-refractivity contribution in [2.45, 2.75) is 36.6 Å². The average molecular weight is 530 g/mol. The van der Waals surface area contributed by atoms with Gasteiger partial charge in [0.1, 0.15) is 35.5 Å². The number of benzene rings is 1. The summed E-state index contributed by atoms with van der Waals surface area (Å²) < 4.78 is 39.2. The monoisotopic (exact) mass is 529 g/mol. The number of hydrogen-bond donors (Lipinski definition) is 5. The number of aromatic nitrogens is 4. The summed E-state index contributed by atoms with van der Waals surface area (Å²) in [5, 5.41) is 40.1. The number of nitrogens with zero attached hydrogens (tertiary/aromatic N) is 4. The molecule has 0 spiro atoms. The molecule has 3 heterocycles. The van der Waals surface area contributed by atoms with Crippen LogP contribution in [0.3, 0.4) is 0 Å². The van der Waals surface area contributed by atoms with Gasteiger partial charge in [0.05, 0.1) is 12.9 Å². The second-order valence-corrected chi connectivity index (χ2v) is 8.29. The maximum atomic E-state index is 13.6. The number of ether oxygens (including phenoxy) is 2. The van der Waals surface area contributed by atoms with Crippen molar-refractivity contribution < 1.29 is 48.3 Å². The predicted octanol–water partition coefficient (Wildman–Crippen LogP) is 0.127. The first-order valence-corrected chi connectivity index (χ1v) is 10.5. The Morgan fingerprint density at radius 1 is 1.14 bits per heavy atom. The molecule has 1 aromatic carbocycles. The van der Waals surface area contributed by atoms with E-state index in [2.05, 4.69) is 15.0 Å². The first-order valence-electron chi connectivity index (χ1n) is 10.2. The molecule has 1 saturated heterocycles. The van der Waals surface area contributed by atoms with Gasteiger partial charge in [-0.15, -0.1) is 0 Å². The van der Waals surface area contributed by atoms with Crippen molar-refractivity contribution in [3.63, 3.8) is 0 Å². The number of carboxylic acids is 2. The van der Waals surface area contributed by atoms with Gasteiger partial charge in [-0.25, -0.2) is 23.4 Å². The fourth-order valence-electron chi connectivity index (χ4n) is 3.84. The van der Waals surface area contributed by atoms with Crippen LogP contribution < -0.4 is 5.73 Å². The second-order valence-electron chi connectivity index (χ2n) is 7.95. The zero-order valence-corrected chi connectivity index (χ0v) is 18.7. The fraction of sp³-hybridized carbons (Fsp3) is 0.350. The van der Waals surface area contributed by atoms with Crippen molar-refractivity contribution in [2.24, 2.45) is 0 Å². The van der Waals surface area contributed by atoms with Gasteiger partial charge >= 0.3 is 11.9 Å². The first kappa shape index (κ1) is 25.6. The Labute approximate surface area is 204 Å². The molecule has 0 radical (unpaired) electrons. The van der Waals surface area contributed by atoms with E-state index in [4.69, 9.17) is 26.8 Å². The highest BCUT2D eigenvalue weighted by Gasteiger charge is 2.51. The fourth-order valence-corrected chi connectivity index (χ4v) is 4.01. The zero-order chi connectivity index (χ0) is 26.4. The molecule has 0 unspecified atom stereocenters. The van der Waals surface area contributed by atoms with Gasteiger partial charge in [0.2, 0.25) is 5.28 Å². The zero-order valence-electron chi connectivity index (χ0n) is 18.0. The summed E-state index contributed by atoms with van der Waals surface area (Å²) in [5.41, 5.74) is 2.64. The number of halogens is 3. The molecule has 1 aliphatic rings. The van der Waals surface area contributed by atoms with Crippen LogP contribution in [0.2, 0.25) is 5.28 Å². The maximum absolute atomic E-state index is 13.6. The summed E-state index contributed by atoms with van der Waals surface area (Å²) in [6, 6.07) is 2.05. The summed E-state index contributed by atoms with van der Waals surface area (Å²) in [5.74, 6) is -6.09. The van der Waals surface area contributed by atoms with Gasteiger partial charge in [-0.3, -0.25) is 4.57 Å². The van der Waals surface area contributed by atoms with Gasteiger partial charge in [0, 0.05) is 12.5 Å². The van der Waals surface area contributed by atoms with Crippen LogP contribution in [0.5, 0.6) is 0 Å². The van der Waals surface area contributed by atoms with E-state index < -0.39 is 66.7 Å². The van der Waals surface area contributed by atoms with E-state index in [-0.39, 0.29) is 27.8 Å². The predicted molar refractivity (Wildman–Crippen MR) is 115 cm³/mol. The van der Waals surface area contributed by atoms with E-state index in [1.54, 1.807) is 0 Å². The minimum atomic E-state index is -3.00. The number of hydrogen-bond acceptors (Lipinski definition) is 10. The van der Waals surface area contributed by atoms with Crippen LogP contribution in [0, 0.1) is 11.6 Å². The summed E-state index contributed by atoms with van der Waals surface area (Å²) in [6.45, 7) is -0.838. The molecule has 0 saturated carbocycles. The molecule has 6 N–H and O–H groups in total. The lowest BCUT2D eigenvalue weighted by molar-refractivity contribution is -0.190. The van der Waals surface area contributed by atoms with E-state index in [9.17, 15) is 38.8 Å². The molecule has 13 nitrogen and oxygen atoms in total. The van der Waals surface area contributed by atoms with Crippen LogP contribution in [-0.4, -0.2) is 82.4 Å². The number of aliphatic hydroxyl groups excluding tert-OH is 2. The molecule has 4 rings (SSSR count). The van der Waals surface area contributed by atoms with Gasteiger partial charge < -0.3 is 35.6 Å².